The zero-order valence-electron chi connectivity index (χ0n) is 16.7. The van der Waals surface area contributed by atoms with Crippen LogP contribution in [0.2, 0.25) is 15.1 Å². The molecule has 0 aliphatic rings. The second kappa shape index (κ2) is 10.6. The summed E-state index contributed by atoms with van der Waals surface area (Å²) in [6.45, 7) is -0.510. The van der Waals surface area contributed by atoms with E-state index in [9.17, 15) is 18.0 Å². The summed E-state index contributed by atoms with van der Waals surface area (Å²) in [5.74, 6) is -1.92. The standard InChI is InChI=1S/C19H16Cl3N5O5S/c20-11-4-6-12(7-5-11)33(31,32)25-16(9-19(29)30)17(28)10-27-24-18(23-26-27)8-13-14(21)2-1-3-15(13)22/h1-7,16,25H,8-10H2,(H,29,30). The monoisotopic (exact) mass is 531 g/mol. The van der Waals surface area contributed by atoms with Crippen molar-refractivity contribution in [2.45, 2.75) is 30.3 Å². The van der Waals surface area contributed by atoms with Gasteiger partial charge >= 0.3 is 5.97 Å². The van der Waals surface area contributed by atoms with Crippen molar-refractivity contribution in [3.05, 3.63) is 68.9 Å². The molecule has 174 valence electrons. The van der Waals surface area contributed by atoms with Crippen LogP contribution in [0.5, 0.6) is 0 Å². The van der Waals surface area contributed by atoms with Crippen molar-refractivity contribution in [2.75, 3.05) is 0 Å². The number of hydrogen-bond donors (Lipinski definition) is 2. The number of halogens is 3. The first kappa shape index (κ1) is 25.1. The minimum Gasteiger partial charge on any atom is -0.481 e. The number of carboxylic acids is 1. The van der Waals surface area contributed by atoms with E-state index >= 15 is 0 Å². The van der Waals surface area contributed by atoms with Gasteiger partial charge in [0, 0.05) is 21.5 Å². The summed E-state index contributed by atoms with van der Waals surface area (Å²) in [7, 11) is -4.19. The van der Waals surface area contributed by atoms with Crippen molar-refractivity contribution in [3.63, 3.8) is 0 Å². The van der Waals surface area contributed by atoms with Gasteiger partial charge in [0.1, 0.15) is 6.54 Å². The average molecular weight is 533 g/mol. The number of carbonyl (C=O) groups is 2. The molecule has 1 atom stereocenters. The molecule has 3 rings (SSSR count). The molecule has 33 heavy (non-hydrogen) atoms. The second-order valence-electron chi connectivity index (χ2n) is 6.81. The third-order valence-corrected chi connectivity index (χ3v) is 6.82. The number of nitrogens with zero attached hydrogens (tertiary/aromatic N) is 4. The van der Waals surface area contributed by atoms with Gasteiger partial charge in [0.2, 0.25) is 10.0 Å². The number of tetrazole rings is 1. The largest absolute Gasteiger partial charge is 0.481 e. The molecule has 0 amide bonds. The van der Waals surface area contributed by atoms with Crippen LogP contribution in [0.1, 0.15) is 17.8 Å². The molecule has 0 saturated heterocycles. The molecule has 0 fully saturated rings. The fourth-order valence-corrected chi connectivity index (χ4v) is 4.66. The molecular weight excluding hydrogens is 517 g/mol. The molecule has 2 aromatic carbocycles. The van der Waals surface area contributed by atoms with Crippen LogP contribution in [0, 0.1) is 0 Å². The highest BCUT2D eigenvalue weighted by Crippen LogP contribution is 2.25. The molecule has 1 heterocycles. The molecule has 1 unspecified atom stereocenters. The summed E-state index contributed by atoms with van der Waals surface area (Å²) < 4.78 is 27.3. The molecule has 0 bridgehead atoms. The molecular formula is C19H16Cl3N5O5S. The van der Waals surface area contributed by atoms with E-state index in [0.29, 0.717) is 20.6 Å². The van der Waals surface area contributed by atoms with Gasteiger partial charge in [0.15, 0.2) is 11.6 Å². The number of carboxylic acid groups (broad SMARTS) is 1. The zero-order chi connectivity index (χ0) is 24.2. The highest BCUT2D eigenvalue weighted by atomic mass is 35.5. The summed E-state index contributed by atoms with van der Waals surface area (Å²) in [5, 5.41) is 22.0. The van der Waals surface area contributed by atoms with E-state index in [1.807, 2.05) is 0 Å². The van der Waals surface area contributed by atoms with Crippen LogP contribution in [-0.2, 0) is 32.6 Å². The molecule has 2 N–H and O–H groups in total. The Labute approximate surface area is 203 Å². The Morgan fingerprint density at radius 2 is 1.70 bits per heavy atom. The minimum atomic E-state index is -4.19. The lowest BCUT2D eigenvalue weighted by Crippen LogP contribution is -2.43. The number of aromatic nitrogens is 4. The van der Waals surface area contributed by atoms with Gasteiger partial charge in [0.05, 0.1) is 17.4 Å². The summed E-state index contributed by atoms with van der Waals surface area (Å²) in [4.78, 5) is 24.7. The molecule has 10 nitrogen and oxygen atoms in total. The van der Waals surface area contributed by atoms with E-state index in [1.165, 1.54) is 24.3 Å². The highest BCUT2D eigenvalue weighted by Gasteiger charge is 2.28. The van der Waals surface area contributed by atoms with Gasteiger partial charge in [0.25, 0.3) is 0 Å². The minimum absolute atomic E-state index is 0.147. The number of carbonyl (C=O) groups excluding carboxylic acids is 1. The molecule has 0 saturated carbocycles. The van der Waals surface area contributed by atoms with Crippen LogP contribution in [0.4, 0.5) is 0 Å². The van der Waals surface area contributed by atoms with Crippen LogP contribution in [0.15, 0.2) is 47.4 Å². The van der Waals surface area contributed by atoms with E-state index in [2.05, 4.69) is 20.1 Å². The Hall–Kier alpha value is -2.57. The van der Waals surface area contributed by atoms with Gasteiger partial charge in [-0.1, -0.05) is 40.9 Å². The lowest BCUT2D eigenvalue weighted by molar-refractivity contribution is -0.139. The maximum absolute atomic E-state index is 12.7. The Kier molecular flexibility index (Phi) is 8.03. The van der Waals surface area contributed by atoms with E-state index in [-0.39, 0.29) is 17.1 Å². The molecule has 1 aromatic heterocycles. The number of aliphatic carboxylic acids is 1. The summed E-state index contributed by atoms with van der Waals surface area (Å²) in [6.07, 6.45) is -0.628. The first-order valence-electron chi connectivity index (χ1n) is 9.27. The van der Waals surface area contributed by atoms with Gasteiger partial charge < -0.3 is 5.11 Å². The van der Waals surface area contributed by atoms with Crippen molar-refractivity contribution in [2.24, 2.45) is 0 Å². The van der Waals surface area contributed by atoms with Gasteiger partial charge in [-0.25, -0.2) is 8.42 Å². The van der Waals surface area contributed by atoms with Crippen molar-refractivity contribution >= 4 is 56.6 Å². The molecule has 0 spiro atoms. The van der Waals surface area contributed by atoms with Crippen LogP contribution < -0.4 is 4.72 Å². The Balaban J connectivity index is 1.74. The normalized spacial score (nSPS) is 12.5. The third kappa shape index (κ3) is 6.71. The smallest absolute Gasteiger partial charge is 0.305 e. The SMILES string of the molecule is O=C(O)CC(NS(=O)(=O)c1ccc(Cl)cc1)C(=O)Cn1nnc(Cc2c(Cl)cccc2Cl)n1. The van der Waals surface area contributed by atoms with Crippen molar-refractivity contribution in [1.82, 2.24) is 24.9 Å². The average Bonchev–Trinajstić information content (AvgIpc) is 3.17. The Morgan fingerprint density at radius 3 is 2.30 bits per heavy atom. The lowest BCUT2D eigenvalue weighted by atomic mass is 10.1. The molecule has 0 aliphatic heterocycles. The van der Waals surface area contributed by atoms with Crippen LogP contribution in [0.25, 0.3) is 0 Å². The topological polar surface area (TPSA) is 144 Å². The third-order valence-electron chi connectivity index (χ3n) is 4.38. The van der Waals surface area contributed by atoms with E-state index in [0.717, 1.165) is 4.80 Å². The molecule has 0 aliphatic carbocycles. The molecule has 0 radical (unpaired) electrons. The Morgan fingerprint density at radius 1 is 1.06 bits per heavy atom. The summed E-state index contributed by atoms with van der Waals surface area (Å²) in [5.41, 5.74) is 0.575. The van der Waals surface area contributed by atoms with E-state index in [4.69, 9.17) is 39.9 Å². The van der Waals surface area contributed by atoms with E-state index < -0.39 is 40.8 Å². The van der Waals surface area contributed by atoms with Crippen LogP contribution in [-0.4, -0.2) is 51.5 Å². The predicted octanol–water partition coefficient (Wildman–Crippen LogP) is 2.62. The fourth-order valence-electron chi connectivity index (χ4n) is 2.79. The summed E-state index contributed by atoms with van der Waals surface area (Å²) >= 11 is 18.0. The van der Waals surface area contributed by atoms with Gasteiger partial charge in [-0.3, -0.25) is 9.59 Å². The van der Waals surface area contributed by atoms with Crippen LogP contribution >= 0.6 is 34.8 Å². The molecule has 14 heteroatoms. The number of nitrogens with one attached hydrogen (secondary N) is 1. The van der Waals surface area contributed by atoms with Gasteiger partial charge in [-0.15, -0.1) is 10.2 Å². The summed E-state index contributed by atoms with van der Waals surface area (Å²) in [6, 6.07) is 8.61. The lowest BCUT2D eigenvalue weighted by Gasteiger charge is -2.15. The number of hydrogen-bond acceptors (Lipinski definition) is 7. The Bertz CT molecular complexity index is 1260. The number of benzene rings is 2. The number of ketones is 1. The van der Waals surface area contributed by atoms with Crippen molar-refractivity contribution in [3.8, 4) is 0 Å². The highest BCUT2D eigenvalue weighted by molar-refractivity contribution is 7.89. The zero-order valence-corrected chi connectivity index (χ0v) is 19.7. The van der Waals surface area contributed by atoms with E-state index in [1.54, 1.807) is 18.2 Å². The predicted molar refractivity (Wildman–Crippen MR) is 120 cm³/mol. The first-order chi connectivity index (χ1) is 15.5. The number of sulfonamides is 1. The second-order valence-corrected chi connectivity index (χ2v) is 9.77. The molecule has 3 aromatic rings. The first-order valence-corrected chi connectivity index (χ1v) is 11.9. The maximum Gasteiger partial charge on any atom is 0.305 e. The van der Waals surface area contributed by atoms with Gasteiger partial charge in [-0.2, -0.15) is 9.52 Å². The van der Waals surface area contributed by atoms with Crippen molar-refractivity contribution < 1.29 is 23.1 Å². The van der Waals surface area contributed by atoms with Crippen LogP contribution in [0.3, 0.4) is 0 Å². The quantitative estimate of drug-likeness (QED) is 0.405. The fraction of sp³-hybridized carbons (Fsp3) is 0.211. The van der Waals surface area contributed by atoms with Crippen molar-refractivity contribution in [1.29, 1.82) is 0 Å². The maximum atomic E-state index is 12.7. The van der Waals surface area contributed by atoms with Gasteiger partial charge in [-0.05, 0) is 47.2 Å². The number of rotatable bonds is 10. The number of Topliss-reactive ketones (excluding diaryl/α,β-unsaturated/α-hetero) is 1.